The summed E-state index contributed by atoms with van der Waals surface area (Å²) in [6.45, 7) is 9.30. The molecule has 0 saturated carbocycles. The minimum Gasteiger partial charge on any atom is -0.310 e. The number of hydrogen-bond acceptors (Lipinski definition) is 2. The van der Waals surface area contributed by atoms with Crippen LogP contribution in [0.1, 0.15) is 61.2 Å². The lowest BCUT2D eigenvalue weighted by atomic mass is 9.82. The van der Waals surface area contributed by atoms with Crippen molar-refractivity contribution in [3.63, 3.8) is 0 Å². The highest BCUT2D eigenvalue weighted by Crippen LogP contribution is 2.49. The number of aryl methyl sites for hydroxylation is 1. The van der Waals surface area contributed by atoms with Gasteiger partial charge in [-0.05, 0) is 142 Å². The van der Waals surface area contributed by atoms with Crippen molar-refractivity contribution in [2.45, 2.75) is 46.0 Å². The number of thiophene rings is 1. The molecular formula is C49H41NS. The summed E-state index contributed by atoms with van der Waals surface area (Å²) in [5.41, 5.74) is 18.0. The summed E-state index contributed by atoms with van der Waals surface area (Å²) in [6.07, 6.45) is 4.61. The van der Waals surface area contributed by atoms with Crippen LogP contribution in [0.25, 0.3) is 49.6 Å². The van der Waals surface area contributed by atoms with E-state index in [1.54, 1.807) is 0 Å². The number of anilines is 3. The molecule has 0 atom stereocenters. The number of hydrogen-bond donors (Lipinski definition) is 0. The largest absolute Gasteiger partial charge is 0.310 e. The Hall–Kier alpha value is -5.44. The maximum absolute atomic E-state index is 2.46. The van der Waals surface area contributed by atoms with Crippen molar-refractivity contribution in [3.8, 4) is 22.3 Å². The van der Waals surface area contributed by atoms with E-state index >= 15 is 0 Å². The molecule has 0 amide bonds. The van der Waals surface area contributed by atoms with Crippen LogP contribution in [0.5, 0.6) is 0 Å². The fraction of sp³-hybridized carbons (Fsp3) is 0.143. The number of nitrogens with zero attached hydrogens (tertiary/aromatic N) is 1. The molecule has 0 N–H and O–H groups in total. The van der Waals surface area contributed by atoms with Crippen LogP contribution >= 0.6 is 11.3 Å². The van der Waals surface area contributed by atoms with Gasteiger partial charge in [-0.25, -0.2) is 0 Å². The van der Waals surface area contributed by atoms with Crippen LogP contribution < -0.4 is 4.90 Å². The second-order valence-electron chi connectivity index (χ2n) is 14.6. The molecule has 0 bridgehead atoms. The van der Waals surface area contributed by atoms with Crippen molar-refractivity contribution < 1.29 is 0 Å². The van der Waals surface area contributed by atoms with Crippen LogP contribution in [0.15, 0.2) is 151 Å². The average Bonchev–Trinajstić information content (AvgIpc) is 3.63. The molecule has 0 saturated heterocycles. The quantitative estimate of drug-likeness (QED) is 0.170. The Morgan fingerprint density at radius 3 is 1.86 bits per heavy atom. The molecule has 0 spiro atoms. The van der Waals surface area contributed by atoms with Gasteiger partial charge in [0.25, 0.3) is 0 Å². The predicted octanol–water partition coefficient (Wildman–Crippen LogP) is 14.3. The molecule has 2 aliphatic rings. The number of benzene rings is 6. The topological polar surface area (TPSA) is 3.24 Å². The van der Waals surface area contributed by atoms with E-state index in [2.05, 4.69) is 184 Å². The zero-order chi connectivity index (χ0) is 34.7. The second-order valence-corrected chi connectivity index (χ2v) is 15.7. The summed E-state index contributed by atoms with van der Waals surface area (Å²) in [6, 6.07) is 53.8. The molecule has 0 fully saturated rings. The molecule has 248 valence electrons. The normalized spacial score (nSPS) is 14.7. The van der Waals surface area contributed by atoms with Crippen molar-refractivity contribution in [1.82, 2.24) is 0 Å². The van der Waals surface area contributed by atoms with E-state index < -0.39 is 0 Å². The van der Waals surface area contributed by atoms with E-state index in [1.165, 1.54) is 81.9 Å². The lowest BCUT2D eigenvalue weighted by molar-refractivity contribution is 0.639. The van der Waals surface area contributed by atoms with E-state index in [-0.39, 0.29) is 5.41 Å². The Labute approximate surface area is 305 Å². The minimum atomic E-state index is -0.0236. The summed E-state index contributed by atoms with van der Waals surface area (Å²) in [5.74, 6) is 0. The summed E-state index contributed by atoms with van der Waals surface area (Å²) in [5, 5.41) is 1.38. The number of fused-ring (bicyclic) bond motifs is 4. The molecule has 2 heteroatoms. The summed E-state index contributed by atoms with van der Waals surface area (Å²) in [4.78, 5) is 3.97. The Morgan fingerprint density at radius 2 is 1.18 bits per heavy atom. The highest BCUT2D eigenvalue weighted by atomic mass is 32.1. The predicted molar refractivity (Wildman–Crippen MR) is 221 cm³/mol. The standard InChI is InChI=1S/C49H41NS/c1-32-33(2)49(3,4)46-31-41(24-25-43(32)46)50(42-28-38(34-13-7-5-8-14-34)27-39(29-42)35-15-9-6-10-16-35)40-22-19-36(20-23-40)37-21-26-48-45(30-37)44-17-11-12-18-47(44)51-48/h5-20,22-25,27-31H,21,26H2,1-4H3. The third kappa shape index (κ3) is 5.46. The summed E-state index contributed by atoms with van der Waals surface area (Å²) < 4.78 is 1.39. The maximum atomic E-state index is 2.46. The first-order valence-corrected chi connectivity index (χ1v) is 18.9. The first kappa shape index (κ1) is 31.5. The Morgan fingerprint density at radius 1 is 0.549 bits per heavy atom. The fourth-order valence-corrected chi connectivity index (χ4v) is 9.36. The smallest absolute Gasteiger partial charge is 0.0473 e. The van der Waals surface area contributed by atoms with Crippen molar-refractivity contribution in [3.05, 3.63) is 178 Å². The Kier molecular flexibility index (Phi) is 7.67. The Bertz CT molecular complexity index is 2440. The number of allylic oxidation sites excluding steroid dienone is 3. The molecule has 9 rings (SSSR count). The van der Waals surface area contributed by atoms with Crippen molar-refractivity contribution >= 4 is 55.7 Å². The molecule has 0 unspecified atom stereocenters. The molecule has 0 radical (unpaired) electrons. The molecule has 0 aliphatic heterocycles. The van der Waals surface area contributed by atoms with Crippen molar-refractivity contribution in [2.75, 3.05) is 4.90 Å². The Balaban J connectivity index is 1.20. The van der Waals surface area contributed by atoms with Gasteiger partial charge in [-0.1, -0.05) is 116 Å². The summed E-state index contributed by atoms with van der Waals surface area (Å²) >= 11 is 1.95. The fourth-order valence-electron chi connectivity index (χ4n) is 8.18. The second kappa shape index (κ2) is 12.4. The van der Waals surface area contributed by atoms with E-state index in [0.29, 0.717) is 0 Å². The van der Waals surface area contributed by atoms with Gasteiger partial charge in [0.15, 0.2) is 0 Å². The average molecular weight is 676 g/mol. The van der Waals surface area contributed by atoms with Gasteiger partial charge in [0, 0.05) is 32.1 Å². The van der Waals surface area contributed by atoms with Crippen LogP contribution in [0.4, 0.5) is 17.1 Å². The van der Waals surface area contributed by atoms with Gasteiger partial charge >= 0.3 is 0 Å². The van der Waals surface area contributed by atoms with Crippen LogP contribution in [0, 0.1) is 0 Å². The van der Waals surface area contributed by atoms with Crippen molar-refractivity contribution in [1.29, 1.82) is 0 Å². The summed E-state index contributed by atoms with van der Waals surface area (Å²) in [7, 11) is 0. The molecule has 2 aliphatic carbocycles. The zero-order valence-electron chi connectivity index (χ0n) is 29.7. The van der Waals surface area contributed by atoms with Gasteiger partial charge < -0.3 is 4.90 Å². The molecular weight excluding hydrogens is 635 g/mol. The molecule has 1 heterocycles. The van der Waals surface area contributed by atoms with Gasteiger partial charge in [0.05, 0.1) is 0 Å². The van der Waals surface area contributed by atoms with Crippen LogP contribution in [-0.4, -0.2) is 0 Å². The maximum Gasteiger partial charge on any atom is 0.0473 e. The van der Waals surface area contributed by atoms with Crippen LogP contribution in [-0.2, 0) is 11.8 Å². The van der Waals surface area contributed by atoms with Gasteiger partial charge in [-0.3, -0.25) is 0 Å². The lowest BCUT2D eigenvalue weighted by Crippen LogP contribution is -2.17. The van der Waals surface area contributed by atoms with Crippen LogP contribution in [0.2, 0.25) is 0 Å². The van der Waals surface area contributed by atoms with Gasteiger partial charge in [0.2, 0.25) is 0 Å². The third-order valence-electron chi connectivity index (χ3n) is 11.4. The highest BCUT2D eigenvalue weighted by Gasteiger charge is 2.34. The van der Waals surface area contributed by atoms with Gasteiger partial charge in [-0.2, -0.15) is 0 Å². The van der Waals surface area contributed by atoms with E-state index in [4.69, 9.17) is 0 Å². The van der Waals surface area contributed by atoms with E-state index in [0.717, 1.165) is 24.2 Å². The zero-order valence-corrected chi connectivity index (χ0v) is 30.5. The first-order chi connectivity index (χ1) is 24.8. The minimum absolute atomic E-state index is 0.0236. The lowest BCUT2D eigenvalue weighted by Gasteiger charge is -2.29. The molecule has 51 heavy (non-hydrogen) atoms. The molecule has 7 aromatic rings. The third-order valence-corrected chi connectivity index (χ3v) is 12.6. The highest BCUT2D eigenvalue weighted by molar-refractivity contribution is 7.19. The number of rotatable bonds is 6. The van der Waals surface area contributed by atoms with Crippen LogP contribution in [0.3, 0.4) is 0 Å². The van der Waals surface area contributed by atoms with Gasteiger partial charge in [-0.15, -0.1) is 11.3 Å². The molecule has 1 nitrogen and oxygen atoms in total. The monoisotopic (exact) mass is 675 g/mol. The van der Waals surface area contributed by atoms with E-state index in [9.17, 15) is 0 Å². The molecule has 1 aromatic heterocycles. The SMILES string of the molecule is CC1=C(C)C(C)(C)c2cc(N(c3ccc(C4=Cc5c(sc6ccccc56)CC4)cc3)c3cc(-c4ccccc4)cc(-c4ccccc4)c3)ccc21. The molecule has 6 aromatic carbocycles. The van der Waals surface area contributed by atoms with E-state index in [1.807, 2.05) is 11.3 Å². The first-order valence-electron chi connectivity index (χ1n) is 18.1. The van der Waals surface area contributed by atoms with Gasteiger partial charge in [0.1, 0.15) is 0 Å². The van der Waals surface area contributed by atoms with Crippen molar-refractivity contribution in [2.24, 2.45) is 0 Å².